The number of rotatable bonds is 11. The highest BCUT2D eigenvalue weighted by Gasteiger charge is 2.30. The van der Waals surface area contributed by atoms with E-state index < -0.39 is 0 Å². The molecule has 206 valence electrons. The van der Waals surface area contributed by atoms with E-state index in [-0.39, 0.29) is 29.9 Å². The fourth-order valence-corrected chi connectivity index (χ4v) is 5.47. The van der Waals surface area contributed by atoms with Gasteiger partial charge in [0.1, 0.15) is 5.69 Å². The third kappa shape index (κ3) is 7.55. The molecule has 5 N–H and O–H groups in total. The predicted molar refractivity (Wildman–Crippen MR) is 146 cm³/mol. The van der Waals surface area contributed by atoms with Crippen molar-refractivity contribution in [2.75, 3.05) is 26.7 Å². The number of carbonyl (C=O) groups is 2. The summed E-state index contributed by atoms with van der Waals surface area (Å²) in [7, 11) is 1.44. The summed E-state index contributed by atoms with van der Waals surface area (Å²) in [6.45, 7) is 8.56. The van der Waals surface area contributed by atoms with Crippen molar-refractivity contribution in [3.8, 4) is 0 Å². The first-order valence-corrected chi connectivity index (χ1v) is 13.5. The number of carbonyl (C=O) groups excluding carboxylic acids is 2. The number of aromatic nitrogens is 1. The molecule has 2 aromatic rings. The van der Waals surface area contributed by atoms with Crippen molar-refractivity contribution in [3.05, 3.63) is 51.0 Å². The third-order valence-corrected chi connectivity index (χ3v) is 7.57. The second-order valence-corrected chi connectivity index (χ2v) is 10.2. The fraction of sp³-hybridized carbons (Fsp3) is 0.520. The molecule has 1 aliphatic heterocycles. The van der Waals surface area contributed by atoms with Crippen LogP contribution in [0, 0.1) is 19.4 Å². The number of urea groups is 1. The quantitative estimate of drug-likeness (QED) is 0.147. The molecule has 1 atom stereocenters. The van der Waals surface area contributed by atoms with Crippen LogP contribution < -0.4 is 16.5 Å². The van der Waals surface area contributed by atoms with Crippen LogP contribution in [0.5, 0.6) is 0 Å². The number of nitrogens with zero attached hydrogens (tertiary/aromatic N) is 5. The highest BCUT2D eigenvalue weighted by Crippen LogP contribution is 2.22. The molecule has 3 amide bonds. The van der Waals surface area contributed by atoms with Gasteiger partial charge in [-0.25, -0.2) is 15.3 Å². The molecule has 13 heteroatoms. The summed E-state index contributed by atoms with van der Waals surface area (Å²) in [6, 6.07) is 3.90. The van der Waals surface area contributed by atoms with E-state index in [1.54, 1.807) is 24.3 Å². The summed E-state index contributed by atoms with van der Waals surface area (Å²) in [5, 5.41) is 13.5. The van der Waals surface area contributed by atoms with Gasteiger partial charge in [-0.3, -0.25) is 9.63 Å². The number of piperidine rings is 1. The van der Waals surface area contributed by atoms with Crippen LogP contribution in [0.25, 0.3) is 0 Å². The van der Waals surface area contributed by atoms with Crippen molar-refractivity contribution in [1.29, 1.82) is 5.53 Å². The summed E-state index contributed by atoms with van der Waals surface area (Å²) in [6.07, 6.45) is 2.54. The minimum Gasteiger partial charge on any atom is -0.380 e. The van der Waals surface area contributed by atoms with Crippen LogP contribution in [-0.2, 0) is 11.4 Å². The molecule has 1 fully saturated rings. The van der Waals surface area contributed by atoms with Crippen molar-refractivity contribution >= 4 is 29.1 Å². The van der Waals surface area contributed by atoms with Gasteiger partial charge >= 0.3 is 6.03 Å². The number of aryl methyl sites for hydroxylation is 2. The Hall–Kier alpha value is -3.42. The topological polar surface area (TPSA) is 161 Å². The second kappa shape index (κ2) is 13.9. The lowest BCUT2D eigenvalue weighted by Crippen LogP contribution is -2.51. The van der Waals surface area contributed by atoms with E-state index in [0.717, 1.165) is 43.5 Å². The van der Waals surface area contributed by atoms with Gasteiger partial charge in [0, 0.05) is 38.3 Å². The molecule has 0 radical (unpaired) electrons. The van der Waals surface area contributed by atoms with Crippen LogP contribution in [0.1, 0.15) is 59.1 Å². The van der Waals surface area contributed by atoms with Gasteiger partial charge in [-0.2, -0.15) is 16.9 Å². The maximum atomic E-state index is 12.9. The predicted octanol–water partition coefficient (Wildman–Crippen LogP) is 3.16. The molecule has 0 unspecified atom stereocenters. The highest BCUT2D eigenvalue weighted by atomic mass is 32.1. The van der Waals surface area contributed by atoms with Crippen LogP contribution >= 0.6 is 11.3 Å². The van der Waals surface area contributed by atoms with Crippen LogP contribution in [-0.4, -0.2) is 71.4 Å². The minimum absolute atomic E-state index is 0.0321. The first-order valence-electron chi connectivity index (χ1n) is 12.6. The maximum absolute atomic E-state index is 12.9. The molecule has 38 heavy (non-hydrogen) atoms. The number of hydroxylamine groups is 1. The standard InChI is InChI=1S/C25H37N9O3S/c1-16-13-21(23(26)30-32-27)29-18(3)22(16)24(35)28-9-5-17(2)33-10-6-20(7-11-33)34(25(36)31-37-4)14-19-8-12-38-15-19/h8,12-13,15,17,20H,5-7,9-11,14H2,1-4H3,(H,28,35)(H,31,36)(H3,26,27,30)/t17-/m1/s1. The first kappa shape index (κ1) is 29.1. The van der Waals surface area contributed by atoms with E-state index in [0.29, 0.717) is 30.0 Å². The second-order valence-electron chi connectivity index (χ2n) is 9.40. The molecule has 0 saturated carbocycles. The molecule has 3 heterocycles. The number of pyridine rings is 1. The molecule has 2 aromatic heterocycles. The Labute approximate surface area is 227 Å². The van der Waals surface area contributed by atoms with Crippen LogP contribution in [0.4, 0.5) is 4.79 Å². The maximum Gasteiger partial charge on any atom is 0.341 e. The molecule has 3 rings (SSSR count). The number of hydrogen-bond acceptors (Lipinski definition) is 8. The van der Waals surface area contributed by atoms with Gasteiger partial charge in [-0.1, -0.05) is 5.22 Å². The Bertz CT molecular complexity index is 1110. The summed E-state index contributed by atoms with van der Waals surface area (Å²) in [5.41, 5.74) is 18.4. The van der Waals surface area contributed by atoms with Crippen molar-refractivity contribution in [3.63, 3.8) is 0 Å². The molecule has 12 nitrogen and oxygen atoms in total. The van der Waals surface area contributed by atoms with Crippen molar-refractivity contribution in [2.24, 2.45) is 16.1 Å². The van der Waals surface area contributed by atoms with Gasteiger partial charge < -0.3 is 20.9 Å². The Balaban J connectivity index is 1.50. The lowest BCUT2D eigenvalue weighted by atomic mass is 10.0. The van der Waals surface area contributed by atoms with E-state index in [1.165, 1.54) is 7.11 Å². The fourth-order valence-electron chi connectivity index (χ4n) is 4.81. The van der Waals surface area contributed by atoms with Gasteiger partial charge in [-0.15, -0.1) is 5.10 Å². The number of amidine groups is 1. The average molecular weight is 544 g/mol. The minimum atomic E-state index is -0.220. The van der Waals surface area contributed by atoms with Gasteiger partial charge in [0.25, 0.3) is 5.91 Å². The number of nitrogens with two attached hydrogens (primary N) is 1. The molecule has 0 spiro atoms. The van der Waals surface area contributed by atoms with E-state index in [1.807, 2.05) is 23.3 Å². The first-order chi connectivity index (χ1) is 18.2. The molecular weight excluding hydrogens is 506 g/mol. The van der Waals surface area contributed by atoms with Crippen LogP contribution in [0.2, 0.25) is 0 Å². The SMILES string of the molecule is CONC(=O)N(Cc1ccsc1)C1CCN([C@H](C)CCNC(=O)c2c(C)cc(C(N)=NN=N)nc2C)CC1. The largest absolute Gasteiger partial charge is 0.380 e. The van der Waals surface area contributed by atoms with E-state index in [9.17, 15) is 9.59 Å². The number of likely N-dealkylation sites (tertiary alicyclic amines) is 1. The molecular formula is C25H37N9O3S. The summed E-state index contributed by atoms with van der Waals surface area (Å²) in [4.78, 5) is 39.0. The zero-order valence-electron chi connectivity index (χ0n) is 22.4. The molecule has 1 saturated heterocycles. The van der Waals surface area contributed by atoms with Gasteiger partial charge in [0.05, 0.1) is 18.4 Å². The zero-order valence-corrected chi connectivity index (χ0v) is 23.2. The lowest BCUT2D eigenvalue weighted by molar-refractivity contribution is 0.0565. The number of hydrogen-bond donors (Lipinski definition) is 4. The lowest BCUT2D eigenvalue weighted by Gasteiger charge is -2.40. The Morgan fingerprint density at radius 1 is 1.37 bits per heavy atom. The highest BCUT2D eigenvalue weighted by molar-refractivity contribution is 7.07. The number of nitrogens with one attached hydrogen (secondary N) is 3. The zero-order chi connectivity index (χ0) is 27.7. The number of amides is 3. The van der Waals surface area contributed by atoms with Crippen molar-refractivity contribution < 1.29 is 14.4 Å². The van der Waals surface area contributed by atoms with Crippen LogP contribution in [0.3, 0.4) is 0 Å². The summed E-state index contributed by atoms with van der Waals surface area (Å²) >= 11 is 1.62. The van der Waals surface area contributed by atoms with Gasteiger partial charge in [-0.05, 0) is 74.1 Å². The summed E-state index contributed by atoms with van der Waals surface area (Å²) < 4.78 is 0. The number of thiophene rings is 1. The Kier molecular flexibility index (Phi) is 10.7. The van der Waals surface area contributed by atoms with E-state index >= 15 is 0 Å². The van der Waals surface area contributed by atoms with E-state index in [2.05, 4.69) is 43.3 Å². The average Bonchev–Trinajstić information content (AvgIpc) is 3.40. The molecule has 0 aliphatic carbocycles. The molecule has 0 bridgehead atoms. The Morgan fingerprint density at radius 2 is 2.11 bits per heavy atom. The normalized spacial score (nSPS) is 15.6. The van der Waals surface area contributed by atoms with Gasteiger partial charge in [0.2, 0.25) is 0 Å². The van der Waals surface area contributed by atoms with Crippen LogP contribution in [0.15, 0.2) is 33.2 Å². The molecule has 1 aliphatic rings. The Morgan fingerprint density at radius 3 is 2.71 bits per heavy atom. The monoisotopic (exact) mass is 543 g/mol. The van der Waals surface area contributed by atoms with Crippen molar-refractivity contribution in [2.45, 2.75) is 58.7 Å². The van der Waals surface area contributed by atoms with Gasteiger partial charge in [0.15, 0.2) is 5.84 Å². The van der Waals surface area contributed by atoms with Crippen molar-refractivity contribution in [1.82, 2.24) is 25.6 Å². The third-order valence-electron chi connectivity index (χ3n) is 6.84. The van der Waals surface area contributed by atoms with E-state index in [4.69, 9.17) is 16.1 Å². The summed E-state index contributed by atoms with van der Waals surface area (Å²) in [5.74, 6) is -0.150. The smallest absolute Gasteiger partial charge is 0.341 e. The molecule has 0 aromatic carbocycles.